The average molecular weight is 356 g/mol. The summed E-state index contributed by atoms with van der Waals surface area (Å²) in [6, 6.07) is 14.2. The van der Waals surface area contributed by atoms with Gasteiger partial charge in [-0.25, -0.2) is 0 Å². The van der Waals surface area contributed by atoms with Gasteiger partial charge in [-0.1, -0.05) is 60.7 Å². The summed E-state index contributed by atoms with van der Waals surface area (Å²) in [5.41, 5.74) is 4.30. The van der Waals surface area contributed by atoms with Crippen LogP contribution in [0.15, 0.2) is 77.7 Å². The SMILES string of the molecule is C1=CC2Sc3c(ccc4c3c3ccccc3n4C3C=CCCC3)C2C=C1. The van der Waals surface area contributed by atoms with Crippen molar-refractivity contribution in [1.29, 1.82) is 0 Å². The molecule has 3 unspecified atom stereocenters. The molecule has 1 aliphatic heterocycles. The van der Waals surface area contributed by atoms with Crippen molar-refractivity contribution in [2.75, 3.05) is 0 Å². The fraction of sp³-hybridized carbons (Fsp3) is 0.250. The van der Waals surface area contributed by atoms with E-state index in [1.807, 2.05) is 0 Å². The van der Waals surface area contributed by atoms with Gasteiger partial charge < -0.3 is 4.57 Å². The van der Waals surface area contributed by atoms with Crippen molar-refractivity contribution >= 4 is 33.6 Å². The maximum Gasteiger partial charge on any atom is 0.0522 e. The minimum Gasteiger partial charge on any atom is -0.333 e. The molecular weight excluding hydrogens is 334 g/mol. The summed E-state index contributed by atoms with van der Waals surface area (Å²) in [4.78, 5) is 1.50. The van der Waals surface area contributed by atoms with Gasteiger partial charge in [0.05, 0.1) is 11.6 Å². The van der Waals surface area contributed by atoms with E-state index < -0.39 is 0 Å². The van der Waals surface area contributed by atoms with Crippen LogP contribution in [-0.2, 0) is 0 Å². The lowest BCUT2D eigenvalue weighted by atomic mass is 9.91. The molecule has 0 amide bonds. The third-order valence-electron chi connectivity index (χ3n) is 6.12. The minimum atomic E-state index is 0.484. The number of nitrogens with zero attached hydrogens (tertiary/aromatic N) is 1. The number of hydrogen-bond donors (Lipinski definition) is 0. The highest BCUT2D eigenvalue weighted by atomic mass is 32.2. The Morgan fingerprint density at radius 2 is 1.85 bits per heavy atom. The maximum absolute atomic E-state index is 2.59. The molecule has 6 rings (SSSR count). The number of rotatable bonds is 1. The lowest BCUT2D eigenvalue weighted by molar-refractivity contribution is 0.542. The Kier molecular flexibility index (Phi) is 3.25. The Morgan fingerprint density at radius 1 is 0.923 bits per heavy atom. The first-order valence-electron chi connectivity index (χ1n) is 9.66. The maximum atomic E-state index is 2.59. The van der Waals surface area contributed by atoms with Gasteiger partial charge in [-0.2, -0.15) is 0 Å². The molecule has 1 nitrogen and oxygen atoms in total. The second-order valence-corrected chi connectivity index (χ2v) is 8.76. The summed E-state index contributed by atoms with van der Waals surface area (Å²) in [6.07, 6.45) is 17.7. The predicted molar refractivity (Wildman–Crippen MR) is 112 cm³/mol. The summed E-state index contributed by atoms with van der Waals surface area (Å²) in [6.45, 7) is 0. The normalized spacial score (nSPS) is 26.5. The average Bonchev–Trinajstić information content (AvgIpc) is 3.24. The first kappa shape index (κ1) is 14.9. The molecule has 0 N–H and O–H groups in total. The zero-order valence-electron chi connectivity index (χ0n) is 14.6. The van der Waals surface area contributed by atoms with Crippen LogP contribution in [0, 0.1) is 0 Å². The molecular formula is C24H21NS. The Balaban J connectivity index is 1.68. The second kappa shape index (κ2) is 5.65. The first-order chi connectivity index (χ1) is 12.9. The van der Waals surface area contributed by atoms with Crippen LogP contribution >= 0.6 is 11.8 Å². The molecule has 2 heterocycles. The summed E-state index contributed by atoms with van der Waals surface area (Å²) in [5, 5.41) is 3.44. The van der Waals surface area contributed by atoms with Crippen LogP contribution in [0.25, 0.3) is 21.8 Å². The second-order valence-electron chi connectivity index (χ2n) is 7.57. The topological polar surface area (TPSA) is 4.93 Å². The van der Waals surface area contributed by atoms with E-state index in [0.29, 0.717) is 17.2 Å². The monoisotopic (exact) mass is 355 g/mol. The molecule has 0 radical (unpaired) electrons. The van der Waals surface area contributed by atoms with E-state index in [2.05, 4.69) is 89.2 Å². The third kappa shape index (κ3) is 1.99. The Hall–Kier alpha value is -2.19. The Labute approximate surface area is 158 Å². The van der Waals surface area contributed by atoms with Gasteiger partial charge in [-0.15, -0.1) is 11.8 Å². The van der Waals surface area contributed by atoms with Crippen LogP contribution in [-0.4, -0.2) is 9.82 Å². The highest BCUT2D eigenvalue weighted by Gasteiger charge is 2.33. The van der Waals surface area contributed by atoms with Crippen LogP contribution in [0.4, 0.5) is 0 Å². The van der Waals surface area contributed by atoms with Crippen molar-refractivity contribution < 1.29 is 0 Å². The molecule has 0 bridgehead atoms. The number of fused-ring (bicyclic) bond motifs is 7. The van der Waals surface area contributed by atoms with E-state index in [1.54, 1.807) is 0 Å². The quantitative estimate of drug-likeness (QED) is 0.437. The van der Waals surface area contributed by atoms with Crippen molar-refractivity contribution in [3.05, 3.63) is 78.4 Å². The van der Waals surface area contributed by atoms with Gasteiger partial charge in [-0.3, -0.25) is 0 Å². The van der Waals surface area contributed by atoms with Crippen LogP contribution in [0.2, 0.25) is 0 Å². The van der Waals surface area contributed by atoms with E-state index in [1.165, 1.54) is 51.5 Å². The molecule has 0 fully saturated rings. The highest BCUT2D eigenvalue weighted by Crippen LogP contribution is 2.52. The van der Waals surface area contributed by atoms with Crippen molar-refractivity contribution in [2.24, 2.45) is 0 Å². The third-order valence-corrected chi connectivity index (χ3v) is 7.51. The number of para-hydroxylation sites is 1. The standard InChI is InChI=1S/C24H21NS/c1-2-8-16(9-3-1)25-20-12-6-4-11-19(20)23-21(25)15-14-18-17-10-5-7-13-22(17)26-24(18)23/h2,4-8,10-17,22H,1,3,9H2. The molecule has 2 aliphatic carbocycles. The molecule has 0 saturated heterocycles. The minimum absolute atomic E-state index is 0.484. The van der Waals surface area contributed by atoms with E-state index in [4.69, 9.17) is 0 Å². The first-order valence-corrected chi connectivity index (χ1v) is 10.5. The molecule has 0 saturated carbocycles. The van der Waals surface area contributed by atoms with Gasteiger partial charge in [0.1, 0.15) is 0 Å². The van der Waals surface area contributed by atoms with E-state index in [0.717, 1.165) is 0 Å². The Morgan fingerprint density at radius 3 is 2.77 bits per heavy atom. The van der Waals surface area contributed by atoms with Crippen LogP contribution in [0.3, 0.4) is 0 Å². The van der Waals surface area contributed by atoms with Gasteiger partial charge in [0.25, 0.3) is 0 Å². The molecule has 3 aromatic rings. The molecule has 1 aromatic heterocycles. The largest absolute Gasteiger partial charge is 0.333 e. The van der Waals surface area contributed by atoms with E-state index >= 15 is 0 Å². The predicted octanol–water partition coefficient (Wildman–Crippen LogP) is 6.76. The fourth-order valence-corrected chi connectivity index (χ4v) is 6.44. The number of allylic oxidation sites excluding steroid dienone is 5. The lowest BCUT2D eigenvalue weighted by Gasteiger charge is -2.21. The van der Waals surface area contributed by atoms with Gasteiger partial charge >= 0.3 is 0 Å². The van der Waals surface area contributed by atoms with E-state index in [9.17, 15) is 0 Å². The van der Waals surface area contributed by atoms with Crippen molar-refractivity contribution in [3.63, 3.8) is 0 Å². The summed E-state index contributed by atoms with van der Waals surface area (Å²) in [7, 11) is 0. The fourth-order valence-electron chi connectivity index (χ4n) is 4.95. The zero-order valence-corrected chi connectivity index (χ0v) is 15.5. The molecule has 0 spiro atoms. The van der Waals surface area contributed by atoms with Crippen LogP contribution < -0.4 is 0 Å². The number of benzene rings is 2. The summed E-state index contributed by atoms with van der Waals surface area (Å²) in [5.74, 6) is 0.529. The van der Waals surface area contributed by atoms with Gasteiger partial charge in [-0.05, 0) is 37.0 Å². The smallest absolute Gasteiger partial charge is 0.0522 e. The van der Waals surface area contributed by atoms with Crippen molar-refractivity contribution in [2.45, 2.75) is 41.4 Å². The highest BCUT2D eigenvalue weighted by molar-refractivity contribution is 8.00. The number of hydrogen-bond acceptors (Lipinski definition) is 1. The number of aromatic nitrogens is 1. The molecule has 26 heavy (non-hydrogen) atoms. The Bertz CT molecular complexity index is 1110. The van der Waals surface area contributed by atoms with Crippen LogP contribution in [0.1, 0.15) is 36.8 Å². The summed E-state index contributed by atoms with van der Waals surface area (Å²) < 4.78 is 2.59. The number of thioether (sulfide) groups is 1. The van der Waals surface area contributed by atoms with Crippen molar-refractivity contribution in [3.8, 4) is 0 Å². The molecule has 3 atom stereocenters. The van der Waals surface area contributed by atoms with Gasteiger partial charge in [0.15, 0.2) is 0 Å². The summed E-state index contributed by atoms with van der Waals surface area (Å²) >= 11 is 2.06. The molecule has 2 aromatic carbocycles. The zero-order chi connectivity index (χ0) is 17.1. The van der Waals surface area contributed by atoms with Gasteiger partial charge in [0, 0.05) is 32.4 Å². The van der Waals surface area contributed by atoms with E-state index in [-0.39, 0.29) is 0 Å². The molecule has 128 valence electrons. The molecule has 3 aliphatic rings. The molecule has 2 heteroatoms. The van der Waals surface area contributed by atoms with Crippen molar-refractivity contribution in [1.82, 2.24) is 4.57 Å². The van der Waals surface area contributed by atoms with Gasteiger partial charge in [0.2, 0.25) is 0 Å². The van der Waals surface area contributed by atoms with Crippen LogP contribution in [0.5, 0.6) is 0 Å². The lowest BCUT2D eigenvalue weighted by Crippen LogP contribution is -2.08.